The molecule has 8 nitrogen and oxygen atoms in total. The first-order valence-electron chi connectivity index (χ1n) is 7.77. The number of nitrogens with one attached hydrogen (secondary N) is 1. The van der Waals surface area contributed by atoms with Crippen LogP contribution >= 0.6 is 0 Å². The van der Waals surface area contributed by atoms with Gasteiger partial charge in [-0.15, -0.1) is 5.10 Å². The maximum Gasteiger partial charge on any atom is 0.387 e. The molecule has 1 aromatic carbocycles. The van der Waals surface area contributed by atoms with Crippen molar-refractivity contribution in [3.05, 3.63) is 41.7 Å². The number of alkyl halides is 2. The zero-order valence-corrected chi connectivity index (χ0v) is 14.4. The van der Waals surface area contributed by atoms with E-state index >= 15 is 0 Å². The zero-order valence-electron chi connectivity index (χ0n) is 14.4. The number of rotatable bonds is 8. The van der Waals surface area contributed by atoms with Gasteiger partial charge in [-0.3, -0.25) is 9.59 Å². The van der Waals surface area contributed by atoms with Crippen molar-refractivity contribution < 1.29 is 23.1 Å². The van der Waals surface area contributed by atoms with E-state index in [1.165, 1.54) is 27.9 Å². The van der Waals surface area contributed by atoms with Crippen molar-refractivity contribution >= 4 is 11.8 Å². The Morgan fingerprint density at radius 2 is 1.96 bits per heavy atom. The van der Waals surface area contributed by atoms with E-state index in [9.17, 15) is 18.4 Å². The number of benzene rings is 1. The lowest BCUT2D eigenvalue weighted by atomic mass is 10.1. The van der Waals surface area contributed by atoms with Crippen molar-refractivity contribution in [2.45, 2.75) is 19.6 Å². The fraction of sp³-hybridized carbons (Fsp3) is 0.375. The van der Waals surface area contributed by atoms with Gasteiger partial charge in [0.2, 0.25) is 5.91 Å². The second kappa shape index (κ2) is 8.88. The number of carbonyl (C=O) groups excluding carboxylic acids is 2. The van der Waals surface area contributed by atoms with Crippen LogP contribution in [0.15, 0.2) is 30.5 Å². The van der Waals surface area contributed by atoms with Crippen LogP contribution in [0.1, 0.15) is 16.1 Å². The summed E-state index contributed by atoms with van der Waals surface area (Å²) in [5, 5.41) is 10.2. The monoisotopic (exact) mass is 367 g/mol. The van der Waals surface area contributed by atoms with E-state index in [2.05, 4.69) is 20.4 Å². The third-order valence-electron chi connectivity index (χ3n) is 3.42. The topological polar surface area (TPSA) is 89.4 Å². The van der Waals surface area contributed by atoms with Crippen molar-refractivity contribution in [3.8, 4) is 5.75 Å². The number of nitrogens with zero attached hydrogens (tertiary/aromatic N) is 4. The highest BCUT2D eigenvalue weighted by Gasteiger charge is 2.13. The van der Waals surface area contributed by atoms with Gasteiger partial charge < -0.3 is 15.0 Å². The Balaban J connectivity index is 1.80. The Bertz CT molecular complexity index is 747. The number of likely N-dealkylation sites (N-methyl/N-ethyl adjacent to an activating group) is 1. The van der Waals surface area contributed by atoms with Gasteiger partial charge in [-0.1, -0.05) is 17.3 Å². The van der Waals surface area contributed by atoms with Gasteiger partial charge in [0.15, 0.2) is 5.69 Å². The molecule has 2 amide bonds. The number of ether oxygens (including phenoxy) is 1. The van der Waals surface area contributed by atoms with Crippen molar-refractivity contribution in [2.75, 3.05) is 20.6 Å². The first-order valence-corrected chi connectivity index (χ1v) is 7.77. The quantitative estimate of drug-likeness (QED) is 0.750. The molecule has 10 heteroatoms. The molecule has 1 aromatic heterocycles. The molecule has 0 aliphatic heterocycles. The maximum absolute atomic E-state index is 12.1. The van der Waals surface area contributed by atoms with E-state index in [-0.39, 0.29) is 23.9 Å². The molecule has 0 fully saturated rings. The Morgan fingerprint density at radius 1 is 1.27 bits per heavy atom. The second-order valence-electron chi connectivity index (χ2n) is 5.62. The molecule has 0 saturated heterocycles. The average Bonchev–Trinajstić information content (AvgIpc) is 3.04. The first kappa shape index (κ1) is 19.3. The molecule has 1 N–H and O–H groups in total. The van der Waals surface area contributed by atoms with Gasteiger partial charge >= 0.3 is 6.61 Å². The van der Waals surface area contributed by atoms with E-state index in [0.29, 0.717) is 13.0 Å². The minimum absolute atomic E-state index is 0.000314. The molecule has 0 spiro atoms. The summed E-state index contributed by atoms with van der Waals surface area (Å²) in [5.74, 6) is -0.496. The van der Waals surface area contributed by atoms with Crippen molar-refractivity contribution in [1.29, 1.82) is 0 Å². The fourth-order valence-electron chi connectivity index (χ4n) is 2.01. The minimum Gasteiger partial charge on any atom is -0.435 e. The zero-order chi connectivity index (χ0) is 19.1. The summed E-state index contributed by atoms with van der Waals surface area (Å²) in [5.41, 5.74) is 0.962. The van der Waals surface area contributed by atoms with Gasteiger partial charge in [-0.2, -0.15) is 8.78 Å². The Hall–Kier alpha value is -3.04. The van der Waals surface area contributed by atoms with Gasteiger partial charge in [0.1, 0.15) is 12.3 Å². The normalized spacial score (nSPS) is 10.7. The summed E-state index contributed by atoms with van der Waals surface area (Å²) in [4.78, 5) is 25.0. The SMILES string of the molecule is CN(C)C(=O)Cn1cc(C(=O)NCCc2ccc(OC(F)F)cc2)nn1. The van der Waals surface area contributed by atoms with E-state index in [1.807, 2.05) is 0 Å². The van der Waals surface area contributed by atoms with Crippen LogP contribution in [-0.4, -0.2) is 59.0 Å². The highest BCUT2D eigenvalue weighted by atomic mass is 19.3. The summed E-state index contributed by atoms with van der Waals surface area (Å²) in [6.07, 6.45) is 1.90. The van der Waals surface area contributed by atoms with Crippen molar-refractivity contribution in [2.24, 2.45) is 0 Å². The van der Waals surface area contributed by atoms with Crippen LogP contribution in [0.2, 0.25) is 0 Å². The molecular formula is C16H19F2N5O3. The van der Waals surface area contributed by atoms with Crippen LogP contribution in [-0.2, 0) is 17.8 Å². The lowest BCUT2D eigenvalue weighted by Gasteiger charge is -2.08. The molecule has 26 heavy (non-hydrogen) atoms. The lowest BCUT2D eigenvalue weighted by molar-refractivity contribution is -0.129. The summed E-state index contributed by atoms with van der Waals surface area (Å²) in [7, 11) is 3.25. The fourth-order valence-corrected chi connectivity index (χ4v) is 2.01. The molecule has 0 bridgehead atoms. The van der Waals surface area contributed by atoms with Gasteiger partial charge in [0.05, 0.1) is 6.20 Å². The van der Waals surface area contributed by atoms with E-state index < -0.39 is 12.5 Å². The third kappa shape index (κ3) is 5.80. The van der Waals surface area contributed by atoms with Crippen LogP contribution < -0.4 is 10.1 Å². The first-order chi connectivity index (χ1) is 12.3. The predicted octanol–water partition coefficient (Wildman–Crippen LogP) is 0.940. The molecule has 140 valence electrons. The number of carbonyl (C=O) groups is 2. The summed E-state index contributed by atoms with van der Waals surface area (Å²) < 4.78 is 29.7. The number of hydrogen-bond donors (Lipinski definition) is 1. The van der Waals surface area contributed by atoms with Gasteiger partial charge in [0.25, 0.3) is 5.91 Å². The van der Waals surface area contributed by atoms with E-state index in [1.54, 1.807) is 26.2 Å². The maximum atomic E-state index is 12.1. The smallest absolute Gasteiger partial charge is 0.387 e. The Morgan fingerprint density at radius 3 is 2.58 bits per heavy atom. The van der Waals surface area contributed by atoms with Gasteiger partial charge in [-0.25, -0.2) is 4.68 Å². The van der Waals surface area contributed by atoms with E-state index in [4.69, 9.17) is 0 Å². The molecule has 0 saturated carbocycles. The van der Waals surface area contributed by atoms with Gasteiger partial charge in [0, 0.05) is 20.6 Å². The highest BCUT2D eigenvalue weighted by Crippen LogP contribution is 2.15. The molecule has 0 radical (unpaired) electrons. The van der Waals surface area contributed by atoms with Crippen LogP contribution in [0.3, 0.4) is 0 Å². The predicted molar refractivity (Wildman–Crippen MR) is 87.8 cm³/mol. The number of amides is 2. The van der Waals surface area contributed by atoms with Crippen LogP contribution in [0.25, 0.3) is 0 Å². The average molecular weight is 367 g/mol. The minimum atomic E-state index is -2.86. The molecule has 0 atom stereocenters. The molecular weight excluding hydrogens is 348 g/mol. The molecule has 1 heterocycles. The lowest BCUT2D eigenvalue weighted by Crippen LogP contribution is -2.27. The Labute approximate surface area is 148 Å². The number of aromatic nitrogens is 3. The van der Waals surface area contributed by atoms with Crippen molar-refractivity contribution in [1.82, 2.24) is 25.2 Å². The third-order valence-corrected chi connectivity index (χ3v) is 3.42. The highest BCUT2D eigenvalue weighted by molar-refractivity contribution is 5.91. The largest absolute Gasteiger partial charge is 0.435 e. The van der Waals surface area contributed by atoms with Crippen LogP contribution in [0.4, 0.5) is 8.78 Å². The molecule has 0 aliphatic carbocycles. The summed E-state index contributed by atoms with van der Waals surface area (Å²) >= 11 is 0. The number of hydrogen-bond acceptors (Lipinski definition) is 5. The Kier molecular flexibility index (Phi) is 6.59. The van der Waals surface area contributed by atoms with Gasteiger partial charge in [-0.05, 0) is 24.1 Å². The standard InChI is InChI=1S/C16H19F2N5O3/c1-22(2)14(24)10-23-9-13(20-21-23)15(25)19-8-7-11-3-5-12(6-4-11)26-16(17)18/h3-6,9,16H,7-8,10H2,1-2H3,(H,19,25). The molecule has 0 unspecified atom stereocenters. The van der Waals surface area contributed by atoms with Crippen LogP contribution in [0.5, 0.6) is 5.75 Å². The molecule has 2 rings (SSSR count). The van der Waals surface area contributed by atoms with Crippen LogP contribution in [0, 0.1) is 0 Å². The molecule has 0 aliphatic rings. The second-order valence-corrected chi connectivity index (χ2v) is 5.62. The summed E-state index contributed by atoms with van der Waals surface area (Å²) in [6, 6.07) is 6.17. The summed E-state index contributed by atoms with van der Waals surface area (Å²) in [6.45, 7) is -2.53. The van der Waals surface area contributed by atoms with Crippen molar-refractivity contribution in [3.63, 3.8) is 0 Å². The number of halogens is 2. The molecule has 2 aromatic rings. The van der Waals surface area contributed by atoms with E-state index in [0.717, 1.165) is 5.56 Å².